The van der Waals surface area contributed by atoms with E-state index in [1.807, 2.05) is 56.3 Å². The fraction of sp³-hybridized carbons (Fsp3) is 0.375. The van der Waals surface area contributed by atoms with Crippen LogP contribution in [-0.2, 0) is 32.6 Å². The standard InChI is InChI=1S/C32H39Cl2N3O4S/c1-23(2)21-35-32(39)30(20-25-10-6-5-7-11-25)36(22-26-15-17-27(33)18-16-26)31(38)14-9-19-37(42(4,40)41)29-13-8-12-28(34)24(29)3/h5-8,10-13,15-18,23,30H,9,14,19-22H2,1-4H3,(H,35,39)/t30-/m0/s1. The maximum Gasteiger partial charge on any atom is 0.243 e. The van der Waals surface area contributed by atoms with E-state index in [9.17, 15) is 18.0 Å². The Bertz CT molecular complexity index is 1450. The Morgan fingerprint density at radius 3 is 2.19 bits per heavy atom. The molecule has 0 bridgehead atoms. The van der Waals surface area contributed by atoms with E-state index >= 15 is 0 Å². The van der Waals surface area contributed by atoms with Crippen molar-refractivity contribution >= 4 is 50.7 Å². The number of carbonyl (C=O) groups is 2. The lowest BCUT2D eigenvalue weighted by Crippen LogP contribution is -2.51. The van der Waals surface area contributed by atoms with E-state index in [0.717, 1.165) is 17.4 Å². The van der Waals surface area contributed by atoms with E-state index < -0.39 is 16.1 Å². The second-order valence-corrected chi connectivity index (χ2v) is 13.6. The van der Waals surface area contributed by atoms with Crippen LogP contribution in [0.3, 0.4) is 0 Å². The highest BCUT2D eigenvalue weighted by molar-refractivity contribution is 7.92. The minimum absolute atomic E-state index is 0.0436. The number of nitrogens with one attached hydrogen (secondary N) is 1. The van der Waals surface area contributed by atoms with Gasteiger partial charge >= 0.3 is 0 Å². The topological polar surface area (TPSA) is 86.8 Å². The fourth-order valence-corrected chi connectivity index (χ4v) is 5.92. The summed E-state index contributed by atoms with van der Waals surface area (Å²) in [6.45, 7) is 6.56. The fourth-order valence-electron chi connectivity index (χ4n) is 4.61. The van der Waals surface area contributed by atoms with E-state index in [1.165, 1.54) is 4.31 Å². The van der Waals surface area contributed by atoms with Gasteiger partial charge in [0.1, 0.15) is 6.04 Å². The molecule has 0 aliphatic heterocycles. The van der Waals surface area contributed by atoms with Crippen LogP contribution in [0.5, 0.6) is 0 Å². The number of hydrogen-bond donors (Lipinski definition) is 1. The van der Waals surface area contributed by atoms with E-state index in [-0.39, 0.29) is 43.7 Å². The Labute approximate surface area is 259 Å². The van der Waals surface area contributed by atoms with E-state index in [0.29, 0.717) is 34.3 Å². The van der Waals surface area contributed by atoms with Crippen LogP contribution >= 0.6 is 23.2 Å². The van der Waals surface area contributed by atoms with Gasteiger partial charge in [-0.3, -0.25) is 13.9 Å². The summed E-state index contributed by atoms with van der Waals surface area (Å²) in [4.78, 5) is 29.1. The zero-order valence-corrected chi connectivity index (χ0v) is 26.8. The average Bonchev–Trinajstić information content (AvgIpc) is 2.94. The molecule has 3 rings (SSSR count). The highest BCUT2D eigenvalue weighted by Crippen LogP contribution is 2.28. The highest BCUT2D eigenvalue weighted by atomic mass is 35.5. The molecule has 0 spiro atoms. The minimum atomic E-state index is -3.64. The predicted molar refractivity (Wildman–Crippen MR) is 171 cm³/mol. The number of hydrogen-bond acceptors (Lipinski definition) is 4. The summed E-state index contributed by atoms with van der Waals surface area (Å²) >= 11 is 12.4. The summed E-state index contributed by atoms with van der Waals surface area (Å²) in [6.07, 6.45) is 1.76. The molecule has 1 atom stereocenters. The Balaban J connectivity index is 1.89. The molecule has 0 fully saturated rings. The molecule has 3 aromatic rings. The van der Waals surface area contributed by atoms with Gasteiger partial charge in [0, 0.05) is 42.5 Å². The summed E-state index contributed by atoms with van der Waals surface area (Å²) in [7, 11) is -3.64. The lowest BCUT2D eigenvalue weighted by Gasteiger charge is -2.32. The van der Waals surface area contributed by atoms with Crippen molar-refractivity contribution in [3.05, 3.63) is 99.5 Å². The summed E-state index contributed by atoms with van der Waals surface area (Å²) in [5, 5.41) is 4.04. The monoisotopic (exact) mass is 631 g/mol. The van der Waals surface area contributed by atoms with Crippen LogP contribution in [0.2, 0.25) is 10.0 Å². The van der Waals surface area contributed by atoms with Gasteiger partial charge in [0.15, 0.2) is 0 Å². The van der Waals surface area contributed by atoms with Crippen molar-refractivity contribution in [3.63, 3.8) is 0 Å². The molecule has 2 amide bonds. The largest absolute Gasteiger partial charge is 0.354 e. The third kappa shape index (κ3) is 9.75. The maximum absolute atomic E-state index is 13.9. The quantitative estimate of drug-likeness (QED) is 0.227. The summed E-state index contributed by atoms with van der Waals surface area (Å²) < 4.78 is 26.7. The Kier molecular flexibility index (Phi) is 12.3. The summed E-state index contributed by atoms with van der Waals surface area (Å²) in [6, 6.07) is 21.1. The zero-order valence-electron chi connectivity index (χ0n) is 24.5. The summed E-state index contributed by atoms with van der Waals surface area (Å²) in [5.74, 6) is -0.243. The SMILES string of the molecule is Cc1c(Cl)cccc1N(CCCC(=O)N(Cc1ccc(Cl)cc1)[C@@H](Cc1ccccc1)C(=O)NCC(C)C)S(C)(=O)=O. The molecular weight excluding hydrogens is 593 g/mol. The number of sulfonamides is 1. The van der Waals surface area contributed by atoms with Gasteiger partial charge in [0.25, 0.3) is 0 Å². The van der Waals surface area contributed by atoms with E-state index in [4.69, 9.17) is 23.2 Å². The van der Waals surface area contributed by atoms with Crippen molar-refractivity contribution in [1.82, 2.24) is 10.2 Å². The molecule has 42 heavy (non-hydrogen) atoms. The van der Waals surface area contributed by atoms with Gasteiger partial charge < -0.3 is 10.2 Å². The molecular formula is C32H39Cl2N3O4S. The Hall–Kier alpha value is -3.07. The minimum Gasteiger partial charge on any atom is -0.354 e. The van der Waals surface area contributed by atoms with Crippen molar-refractivity contribution < 1.29 is 18.0 Å². The van der Waals surface area contributed by atoms with Crippen LogP contribution in [0, 0.1) is 12.8 Å². The normalized spacial score (nSPS) is 12.2. The number of halogens is 2. The average molecular weight is 633 g/mol. The molecule has 0 aromatic heterocycles. The zero-order chi connectivity index (χ0) is 30.9. The van der Waals surface area contributed by atoms with Crippen molar-refractivity contribution in [2.45, 2.75) is 52.6 Å². The number of anilines is 1. The lowest BCUT2D eigenvalue weighted by atomic mass is 10.0. The van der Waals surface area contributed by atoms with Crippen molar-refractivity contribution in [2.75, 3.05) is 23.7 Å². The van der Waals surface area contributed by atoms with Gasteiger partial charge in [-0.1, -0.05) is 85.6 Å². The molecule has 0 heterocycles. The molecule has 0 saturated heterocycles. The number of carbonyl (C=O) groups excluding carboxylic acids is 2. The van der Waals surface area contributed by atoms with Crippen molar-refractivity contribution in [2.24, 2.45) is 5.92 Å². The lowest BCUT2D eigenvalue weighted by molar-refractivity contribution is -0.141. The molecule has 0 saturated carbocycles. The van der Waals surface area contributed by atoms with Crippen LogP contribution in [0.4, 0.5) is 5.69 Å². The number of nitrogens with zero attached hydrogens (tertiary/aromatic N) is 2. The van der Waals surface area contributed by atoms with Crippen LogP contribution in [0.1, 0.15) is 43.4 Å². The van der Waals surface area contributed by atoms with Gasteiger partial charge in [-0.15, -0.1) is 0 Å². The number of amides is 2. The molecule has 3 aromatic carbocycles. The molecule has 226 valence electrons. The molecule has 0 aliphatic rings. The summed E-state index contributed by atoms with van der Waals surface area (Å²) in [5.41, 5.74) is 2.88. The first-order chi connectivity index (χ1) is 19.9. The van der Waals surface area contributed by atoms with Gasteiger partial charge in [-0.2, -0.15) is 0 Å². The van der Waals surface area contributed by atoms with E-state index in [2.05, 4.69) is 5.32 Å². The van der Waals surface area contributed by atoms with Gasteiger partial charge in [-0.25, -0.2) is 8.42 Å². The van der Waals surface area contributed by atoms with Crippen LogP contribution in [0.25, 0.3) is 0 Å². The van der Waals surface area contributed by atoms with Gasteiger partial charge in [0.2, 0.25) is 21.8 Å². The van der Waals surface area contributed by atoms with Crippen molar-refractivity contribution in [3.8, 4) is 0 Å². The molecule has 0 radical (unpaired) electrons. The first-order valence-electron chi connectivity index (χ1n) is 13.9. The smallest absolute Gasteiger partial charge is 0.243 e. The van der Waals surface area contributed by atoms with Crippen LogP contribution < -0.4 is 9.62 Å². The number of rotatable bonds is 14. The van der Waals surface area contributed by atoms with E-state index in [1.54, 1.807) is 42.2 Å². The predicted octanol–water partition coefficient (Wildman–Crippen LogP) is 6.26. The molecule has 1 N–H and O–H groups in total. The van der Waals surface area contributed by atoms with Crippen LogP contribution in [0.15, 0.2) is 72.8 Å². The molecule has 7 nitrogen and oxygen atoms in total. The second-order valence-electron chi connectivity index (χ2n) is 10.8. The van der Waals surface area contributed by atoms with Gasteiger partial charge in [0.05, 0.1) is 11.9 Å². The van der Waals surface area contributed by atoms with Crippen molar-refractivity contribution in [1.29, 1.82) is 0 Å². The number of benzene rings is 3. The Morgan fingerprint density at radius 2 is 1.57 bits per heavy atom. The third-order valence-electron chi connectivity index (χ3n) is 6.88. The van der Waals surface area contributed by atoms with Crippen LogP contribution in [-0.4, -0.2) is 50.5 Å². The molecule has 0 unspecified atom stereocenters. The second kappa shape index (κ2) is 15.4. The first-order valence-corrected chi connectivity index (χ1v) is 16.6. The van der Waals surface area contributed by atoms with Gasteiger partial charge in [-0.05, 0) is 60.2 Å². The highest BCUT2D eigenvalue weighted by Gasteiger charge is 2.30. The maximum atomic E-state index is 13.9. The molecule has 10 heteroatoms. The Morgan fingerprint density at radius 1 is 0.905 bits per heavy atom. The third-order valence-corrected chi connectivity index (χ3v) is 8.72. The first kappa shape index (κ1) is 33.4. The molecule has 0 aliphatic carbocycles.